The summed E-state index contributed by atoms with van der Waals surface area (Å²) in [5.41, 5.74) is -0.586. The minimum absolute atomic E-state index is 0.0785. The molecule has 2 aromatic carbocycles. The Morgan fingerprint density at radius 1 is 1.07 bits per heavy atom. The molecule has 160 valence electrons. The molecule has 0 radical (unpaired) electrons. The second kappa shape index (κ2) is 10.2. The summed E-state index contributed by atoms with van der Waals surface area (Å²) < 4.78 is 23.5. The highest BCUT2D eigenvalue weighted by Crippen LogP contribution is 2.52. The fourth-order valence-corrected chi connectivity index (χ4v) is 4.81. The summed E-state index contributed by atoms with van der Waals surface area (Å²) in [5, 5.41) is 21.0. The molecule has 0 heterocycles. The molecule has 2 aromatic rings. The standard InChI is InChI=1S/C20H22NO8P/c1-3-28-30(27,29-4-2)13-15-10-11-17(21(25)26)19(16(15)12-18(22)23)20(24)14-8-6-5-7-9-14/h5-11H,3-4,12-13H2,1-2H3,(H,22,23). The maximum Gasteiger partial charge on any atom is 0.335 e. The molecule has 0 atom stereocenters. The van der Waals surface area contributed by atoms with Crippen molar-refractivity contribution in [2.45, 2.75) is 26.4 Å². The molecular weight excluding hydrogens is 413 g/mol. The lowest BCUT2D eigenvalue weighted by Crippen LogP contribution is -2.15. The Hall–Kier alpha value is -2.87. The first-order chi connectivity index (χ1) is 14.2. The third kappa shape index (κ3) is 5.60. The van der Waals surface area contributed by atoms with E-state index in [-0.39, 0.29) is 41.6 Å². The van der Waals surface area contributed by atoms with Crippen molar-refractivity contribution in [2.75, 3.05) is 13.2 Å². The fraction of sp³-hybridized carbons (Fsp3) is 0.300. The van der Waals surface area contributed by atoms with E-state index in [2.05, 4.69) is 0 Å². The number of nitro groups is 1. The smallest absolute Gasteiger partial charge is 0.335 e. The monoisotopic (exact) mass is 435 g/mol. The van der Waals surface area contributed by atoms with Crippen LogP contribution in [0.4, 0.5) is 5.69 Å². The Balaban J connectivity index is 2.72. The van der Waals surface area contributed by atoms with Gasteiger partial charge < -0.3 is 14.2 Å². The van der Waals surface area contributed by atoms with E-state index in [9.17, 15) is 29.4 Å². The Labute approximate surface area is 173 Å². The lowest BCUT2D eigenvalue weighted by atomic mass is 9.91. The summed E-state index contributed by atoms with van der Waals surface area (Å²) in [4.78, 5) is 35.5. The predicted octanol–water partition coefficient (Wildman–Crippen LogP) is 4.22. The summed E-state index contributed by atoms with van der Waals surface area (Å²) >= 11 is 0. The molecule has 0 unspecified atom stereocenters. The van der Waals surface area contributed by atoms with Crippen LogP contribution >= 0.6 is 7.60 Å². The molecule has 9 nitrogen and oxygen atoms in total. The first-order valence-electron chi connectivity index (χ1n) is 9.21. The maximum atomic E-state index is 13.1. The van der Waals surface area contributed by atoms with E-state index in [1.807, 2.05) is 0 Å². The van der Waals surface area contributed by atoms with Gasteiger partial charge in [-0.15, -0.1) is 0 Å². The highest BCUT2D eigenvalue weighted by atomic mass is 31.2. The van der Waals surface area contributed by atoms with Crippen molar-refractivity contribution >= 4 is 25.0 Å². The van der Waals surface area contributed by atoms with Crippen molar-refractivity contribution in [3.8, 4) is 0 Å². The van der Waals surface area contributed by atoms with E-state index < -0.39 is 36.4 Å². The van der Waals surface area contributed by atoms with Crippen LogP contribution in [0.1, 0.15) is 40.9 Å². The molecular formula is C20H22NO8P. The van der Waals surface area contributed by atoms with Crippen LogP contribution in [0.15, 0.2) is 42.5 Å². The van der Waals surface area contributed by atoms with Gasteiger partial charge in [0.2, 0.25) is 0 Å². The van der Waals surface area contributed by atoms with Gasteiger partial charge in [-0.1, -0.05) is 36.4 Å². The zero-order valence-electron chi connectivity index (χ0n) is 16.6. The van der Waals surface area contributed by atoms with Crippen LogP contribution in [0.5, 0.6) is 0 Å². The van der Waals surface area contributed by atoms with E-state index in [0.717, 1.165) is 6.07 Å². The SMILES string of the molecule is CCOP(=O)(Cc1ccc([N+](=O)[O-])c(C(=O)c2ccccc2)c1CC(=O)O)OCC. The number of carboxylic acids is 1. The van der Waals surface area contributed by atoms with Gasteiger partial charge in [0.15, 0.2) is 5.78 Å². The summed E-state index contributed by atoms with van der Waals surface area (Å²) in [6, 6.07) is 10.2. The van der Waals surface area contributed by atoms with Gasteiger partial charge in [0.25, 0.3) is 5.69 Å². The molecule has 0 aliphatic rings. The molecule has 10 heteroatoms. The predicted molar refractivity (Wildman–Crippen MR) is 109 cm³/mol. The number of ketones is 1. The summed E-state index contributed by atoms with van der Waals surface area (Å²) in [6.07, 6.45) is -0.979. The van der Waals surface area contributed by atoms with Gasteiger partial charge in [-0.25, -0.2) is 0 Å². The van der Waals surface area contributed by atoms with Gasteiger partial charge >= 0.3 is 13.6 Å². The second-order valence-electron chi connectivity index (χ2n) is 6.22. The van der Waals surface area contributed by atoms with E-state index in [4.69, 9.17) is 9.05 Å². The normalized spacial score (nSPS) is 11.3. The van der Waals surface area contributed by atoms with Gasteiger partial charge in [-0.2, -0.15) is 0 Å². The number of nitro benzene ring substituents is 1. The number of carboxylic acid groups (broad SMARTS) is 1. The molecule has 0 aliphatic carbocycles. The lowest BCUT2D eigenvalue weighted by molar-refractivity contribution is -0.385. The number of carbonyl (C=O) groups is 2. The number of hydrogen-bond donors (Lipinski definition) is 1. The van der Waals surface area contributed by atoms with E-state index in [1.165, 1.54) is 18.2 Å². The van der Waals surface area contributed by atoms with Gasteiger partial charge in [-0.3, -0.25) is 24.3 Å². The lowest BCUT2D eigenvalue weighted by Gasteiger charge is -2.20. The largest absolute Gasteiger partial charge is 0.481 e. The molecule has 0 fully saturated rings. The van der Waals surface area contributed by atoms with Crippen molar-refractivity contribution < 1.29 is 33.2 Å². The first kappa shape index (κ1) is 23.4. The zero-order valence-corrected chi connectivity index (χ0v) is 17.5. The van der Waals surface area contributed by atoms with Crippen molar-refractivity contribution in [2.24, 2.45) is 0 Å². The number of aliphatic carboxylic acids is 1. The quantitative estimate of drug-likeness (QED) is 0.240. The van der Waals surface area contributed by atoms with E-state index in [1.54, 1.807) is 32.0 Å². The number of hydrogen-bond acceptors (Lipinski definition) is 7. The van der Waals surface area contributed by atoms with Gasteiger partial charge in [0.1, 0.15) is 5.56 Å². The van der Waals surface area contributed by atoms with Gasteiger partial charge in [0, 0.05) is 11.6 Å². The Bertz CT molecular complexity index is 980. The van der Waals surface area contributed by atoms with Crippen LogP contribution in [-0.2, 0) is 31.0 Å². The van der Waals surface area contributed by atoms with Crippen LogP contribution in [0.3, 0.4) is 0 Å². The van der Waals surface area contributed by atoms with Crippen LogP contribution < -0.4 is 0 Å². The molecule has 0 bridgehead atoms. The van der Waals surface area contributed by atoms with Crippen molar-refractivity contribution in [1.82, 2.24) is 0 Å². The van der Waals surface area contributed by atoms with E-state index in [0.29, 0.717) is 0 Å². The highest BCUT2D eigenvalue weighted by Gasteiger charge is 2.32. The van der Waals surface area contributed by atoms with Crippen molar-refractivity contribution in [1.29, 1.82) is 0 Å². The summed E-state index contributed by atoms with van der Waals surface area (Å²) in [7, 11) is -3.65. The topological polar surface area (TPSA) is 133 Å². The van der Waals surface area contributed by atoms with Crippen molar-refractivity contribution in [3.05, 3.63) is 74.8 Å². The van der Waals surface area contributed by atoms with Gasteiger partial charge in [-0.05, 0) is 25.0 Å². The number of nitrogens with zero attached hydrogens (tertiary/aromatic N) is 1. The first-order valence-corrected chi connectivity index (χ1v) is 10.9. The summed E-state index contributed by atoms with van der Waals surface area (Å²) in [5.74, 6) is -1.98. The van der Waals surface area contributed by atoms with E-state index >= 15 is 0 Å². The molecule has 0 amide bonds. The number of carbonyl (C=O) groups excluding carboxylic acids is 1. The van der Waals surface area contributed by atoms with Crippen LogP contribution in [0, 0.1) is 10.1 Å². The average molecular weight is 435 g/mol. The van der Waals surface area contributed by atoms with Crippen LogP contribution in [0.25, 0.3) is 0 Å². The fourth-order valence-electron chi connectivity index (χ4n) is 3.05. The zero-order chi connectivity index (χ0) is 22.3. The number of benzene rings is 2. The second-order valence-corrected chi connectivity index (χ2v) is 8.28. The molecule has 1 N–H and O–H groups in total. The minimum atomic E-state index is -3.65. The molecule has 2 rings (SSSR count). The molecule has 0 aliphatic heterocycles. The molecule has 0 spiro atoms. The van der Waals surface area contributed by atoms with Crippen LogP contribution in [0.2, 0.25) is 0 Å². The van der Waals surface area contributed by atoms with Crippen molar-refractivity contribution in [3.63, 3.8) is 0 Å². The molecule has 0 saturated heterocycles. The maximum absolute atomic E-state index is 13.1. The summed E-state index contributed by atoms with van der Waals surface area (Å²) in [6.45, 7) is 3.44. The Morgan fingerprint density at radius 2 is 1.67 bits per heavy atom. The molecule has 0 saturated carbocycles. The minimum Gasteiger partial charge on any atom is -0.481 e. The average Bonchev–Trinajstić information content (AvgIpc) is 2.69. The number of rotatable bonds is 11. The molecule has 0 aromatic heterocycles. The Kier molecular flexibility index (Phi) is 8.00. The van der Waals surface area contributed by atoms with Gasteiger partial charge in [0.05, 0.1) is 30.7 Å². The van der Waals surface area contributed by atoms with Crippen LogP contribution in [-0.4, -0.2) is 35.0 Å². The third-order valence-corrected chi connectivity index (χ3v) is 6.22. The Morgan fingerprint density at radius 3 is 2.17 bits per heavy atom. The molecule has 30 heavy (non-hydrogen) atoms. The third-order valence-electron chi connectivity index (χ3n) is 4.19. The highest BCUT2D eigenvalue weighted by molar-refractivity contribution is 7.53.